The molecular weight excluding hydrogens is 368 g/mol. The van der Waals surface area contributed by atoms with Gasteiger partial charge in [-0.05, 0) is 47.6 Å². The number of ether oxygens (including phenoxy) is 1. The maximum absolute atomic E-state index is 12.4. The van der Waals surface area contributed by atoms with Crippen molar-refractivity contribution in [3.63, 3.8) is 0 Å². The van der Waals surface area contributed by atoms with E-state index in [1.807, 2.05) is 0 Å². The van der Waals surface area contributed by atoms with Crippen LogP contribution in [-0.4, -0.2) is 40.5 Å². The topological polar surface area (TPSA) is 140 Å². The number of hydrogen-bond acceptors (Lipinski definition) is 6. The Morgan fingerprint density at radius 2 is 1.71 bits per heavy atom. The van der Waals surface area contributed by atoms with Gasteiger partial charge in [-0.15, -0.1) is 0 Å². The molecule has 1 rings (SSSR count). The Balaban J connectivity index is 2.99. The highest BCUT2D eigenvalue weighted by Gasteiger charge is 2.23. The number of carbonyl (C=O) groups excluding carboxylic acids is 3. The highest BCUT2D eigenvalue weighted by molar-refractivity contribution is 6.05. The van der Waals surface area contributed by atoms with E-state index >= 15 is 0 Å². The molecule has 0 heterocycles. The van der Waals surface area contributed by atoms with Gasteiger partial charge in [-0.2, -0.15) is 0 Å². The van der Waals surface area contributed by atoms with E-state index in [1.165, 1.54) is 19.1 Å². The molecule has 0 aliphatic rings. The van der Waals surface area contributed by atoms with Crippen LogP contribution in [0.5, 0.6) is 0 Å². The third kappa shape index (κ3) is 7.22. The lowest BCUT2D eigenvalue weighted by Gasteiger charge is -2.22. The fourth-order valence-corrected chi connectivity index (χ4v) is 2.07. The van der Waals surface area contributed by atoms with Gasteiger partial charge in [0.15, 0.2) is 0 Å². The van der Waals surface area contributed by atoms with E-state index in [-0.39, 0.29) is 23.0 Å². The van der Waals surface area contributed by atoms with E-state index in [2.05, 4.69) is 16.0 Å². The smallest absolute Gasteiger partial charge is 0.408 e. The average Bonchev–Trinajstić information content (AvgIpc) is 2.52. The first-order valence-corrected chi connectivity index (χ1v) is 8.70. The third-order valence-electron chi connectivity index (χ3n) is 3.26. The van der Waals surface area contributed by atoms with Crippen molar-refractivity contribution < 1.29 is 24.0 Å². The number of rotatable bonds is 6. The molecule has 0 aliphatic carbocycles. The fourth-order valence-electron chi connectivity index (χ4n) is 2.07. The van der Waals surface area contributed by atoms with Crippen LogP contribution in [-0.2, 0) is 9.53 Å². The standard InChI is InChI=1S/C18H26N4O6/c1-10(2)19-16(24)13-9-12(22(26)27)7-8-14(13)21-15(23)11(3)20-17(25)28-18(4,5)6/h7-11H,1-6H3,(H,19,24)(H,20,25)(H,21,23)/t11-/m0/s1. The van der Waals surface area contributed by atoms with E-state index in [0.717, 1.165) is 6.07 Å². The molecular formula is C18H26N4O6. The molecule has 1 atom stereocenters. The number of benzene rings is 1. The second-order valence-corrected chi connectivity index (χ2v) is 7.47. The molecule has 0 saturated carbocycles. The molecule has 0 spiro atoms. The number of non-ortho nitro benzene ring substituents is 1. The molecule has 0 saturated heterocycles. The number of alkyl carbamates (subject to hydrolysis) is 1. The molecule has 0 fully saturated rings. The molecule has 1 aromatic carbocycles. The van der Waals surface area contributed by atoms with Gasteiger partial charge >= 0.3 is 6.09 Å². The SMILES string of the molecule is CC(C)NC(=O)c1cc([N+](=O)[O-])ccc1NC(=O)[C@H](C)NC(=O)OC(C)(C)C. The first kappa shape index (κ1) is 22.9. The van der Waals surface area contributed by atoms with Crippen molar-refractivity contribution in [2.24, 2.45) is 0 Å². The summed E-state index contributed by atoms with van der Waals surface area (Å²) in [6.45, 7) is 9.98. The van der Waals surface area contributed by atoms with Crippen molar-refractivity contribution in [3.05, 3.63) is 33.9 Å². The Hall–Kier alpha value is -3.17. The molecule has 0 aliphatic heterocycles. The minimum absolute atomic E-state index is 0.0549. The predicted molar refractivity (Wildman–Crippen MR) is 103 cm³/mol. The quantitative estimate of drug-likeness (QED) is 0.500. The van der Waals surface area contributed by atoms with Gasteiger partial charge in [-0.1, -0.05) is 0 Å². The number of nitrogens with zero attached hydrogens (tertiary/aromatic N) is 1. The number of nitro benzene ring substituents is 1. The van der Waals surface area contributed by atoms with Crippen molar-refractivity contribution >= 4 is 29.3 Å². The first-order chi connectivity index (χ1) is 12.8. The van der Waals surface area contributed by atoms with E-state index in [9.17, 15) is 24.5 Å². The summed E-state index contributed by atoms with van der Waals surface area (Å²) in [5, 5.41) is 18.5. The van der Waals surface area contributed by atoms with Crippen molar-refractivity contribution in [3.8, 4) is 0 Å². The van der Waals surface area contributed by atoms with Crippen molar-refractivity contribution in [2.45, 2.75) is 59.2 Å². The summed E-state index contributed by atoms with van der Waals surface area (Å²) in [7, 11) is 0. The lowest BCUT2D eigenvalue weighted by atomic mass is 10.1. The molecule has 3 amide bonds. The Labute approximate surface area is 163 Å². The van der Waals surface area contributed by atoms with Gasteiger partial charge in [0, 0.05) is 18.2 Å². The van der Waals surface area contributed by atoms with Crippen molar-refractivity contribution in [1.29, 1.82) is 0 Å². The van der Waals surface area contributed by atoms with Crippen LogP contribution in [0.3, 0.4) is 0 Å². The molecule has 3 N–H and O–H groups in total. The van der Waals surface area contributed by atoms with Crippen molar-refractivity contribution in [1.82, 2.24) is 10.6 Å². The molecule has 0 radical (unpaired) electrons. The van der Waals surface area contributed by atoms with Crippen LogP contribution in [0, 0.1) is 10.1 Å². The second-order valence-electron chi connectivity index (χ2n) is 7.47. The van der Waals surface area contributed by atoms with Crippen LogP contribution in [0.1, 0.15) is 51.9 Å². The lowest BCUT2D eigenvalue weighted by Crippen LogP contribution is -2.44. The van der Waals surface area contributed by atoms with Crippen LogP contribution in [0.25, 0.3) is 0 Å². The molecule has 0 bridgehead atoms. The number of carbonyl (C=O) groups is 3. The van der Waals surface area contributed by atoms with E-state index in [4.69, 9.17) is 4.74 Å². The molecule has 10 nitrogen and oxygen atoms in total. The molecule has 0 unspecified atom stereocenters. The second kappa shape index (κ2) is 9.16. The van der Waals surface area contributed by atoms with Crippen LogP contribution in [0.4, 0.5) is 16.2 Å². The summed E-state index contributed by atoms with van der Waals surface area (Å²) in [5.74, 6) is -1.18. The Kier molecular flexibility index (Phi) is 7.48. The van der Waals surface area contributed by atoms with Crippen LogP contribution in [0.15, 0.2) is 18.2 Å². The minimum Gasteiger partial charge on any atom is -0.444 e. The molecule has 1 aromatic rings. The average molecular weight is 394 g/mol. The van der Waals surface area contributed by atoms with Gasteiger partial charge in [0.05, 0.1) is 16.2 Å². The summed E-state index contributed by atoms with van der Waals surface area (Å²) in [6.07, 6.45) is -0.767. The highest BCUT2D eigenvalue weighted by Crippen LogP contribution is 2.22. The molecule has 0 aromatic heterocycles. The van der Waals surface area contributed by atoms with E-state index in [0.29, 0.717) is 0 Å². The molecule has 28 heavy (non-hydrogen) atoms. The van der Waals surface area contributed by atoms with Gasteiger partial charge in [0.2, 0.25) is 5.91 Å². The Bertz CT molecular complexity index is 770. The Morgan fingerprint density at radius 3 is 2.21 bits per heavy atom. The molecule has 10 heteroatoms. The van der Waals surface area contributed by atoms with Crippen LogP contribution < -0.4 is 16.0 Å². The summed E-state index contributed by atoms with van der Waals surface area (Å²) < 4.78 is 5.09. The van der Waals surface area contributed by atoms with Gasteiger partial charge in [0.1, 0.15) is 11.6 Å². The number of anilines is 1. The summed E-state index contributed by atoms with van der Waals surface area (Å²) in [6, 6.07) is 2.35. The zero-order valence-corrected chi connectivity index (χ0v) is 16.8. The number of amides is 3. The monoisotopic (exact) mass is 394 g/mol. The summed E-state index contributed by atoms with van der Waals surface area (Å²) in [4.78, 5) is 46.9. The maximum atomic E-state index is 12.4. The summed E-state index contributed by atoms with van der Waals surface area (Å²) in [5.41, 5.74) is -0.972. The lowest BCUT2D eigenvalue weighted by molar-refractivity contribution is -0.384. The van der Waals surface area contributed by atoms with Crippen LogP contribution in [0.2, 0.25) is 0 Å². The number of nitrogens with one attached hydrogen (secondary N) is 3. The predicted octanol–water partition coefficient (Wildman–Crippen LogP) is 2.58. The van der Waals surface area contributed by atoms with E-state index in [1.54, 1.807) is 34.6 Å². The Morgan fingerprint density at radius 1 is 1.11 bits per heavy atom. The first-order valence-electron chi connectivity index (χ1n) is 8.70. The fraction of sp³-hybridized carbons (Fsp3) is 0.500. The van der Waals surface area contributed by atoms with Gasteiger partial charge in [-0.3, -0.25) is 19.7 Å². The maximum Gasteiger partial charge on any atom is 0.408 e. The number of hydrogen-bond donors (Lipinski definition) is 3. The van der Waals surface area contributed by atoms with Gasteiger partial charge in [-0.25, -0.2) is 4.79 Å². The zero-order valence-electron chi connectivity index (χ0n) is 16.8. The minimum atomic E-state index is -0.967. The third-order valence-corrected chi connectivity index (χ3v) is 3.26. The van der Waals surface area contributed by atoms with E-state index < -0.39 is 34.5 Å². The van der Waals surface area contributed by atoms with Gasteiger partial charge in [0.25, 0.3) is 11.6 Å². The highest BCUT2D eigenvalue weighted by atomic mass is 16.6. The molecule has 154 valence electrons. The summed E-state index contributed by atoms with van der Waals surface area (Å²) >= 11 is 0. The largest absolute Gasteiger partial charge is 0.444 e. The van der Waals surface area contributed by atoms with Gasteiger partial charge < -0.3 is 20.7 Å². The van der Waals surface area contributed by atoms with Crippen molar-refractivity contribution in [2.75, 3.05) is 5.32 Å². The number of nitro groups is 1. The van der Waals surface area contributed by atoms with Crippen LogP contribution >= 0.6 is 0 Å². The normalized spacial score (nSPS) is 12.1. The zero-order chi connectivity index (χ0) is 21.6.